The summed E-state index contributed by atoms with van der Waals surface area (Å²) in [6.07, 6.45) is 0. The highest BCUT2D eigenvalue weighted by Crippen LogP contribution is 2.26. The molecule has 3 rings (SSSR count). The zero-order valence-electron chi connectivity index (χ0n) is 12.0. The molecule has 0 saturated carbocycles. The molecule has 6 heteroatoms. The third-order valence-electron chi connectivity index (χ3n) is 3.70. The van der Waals surface area contributed by atoms with Crippen molar-refractivity contribution in [1.82, 2.24) is 4.57 Å². The van der Waals surface area contributed by atoms with Gasteiger partial charge in [0, 0.05) is 16.5 Å². The molecular formula is C17H11Cl2NO3. The van der Waals surface area contributed by atoms with E-state index in [0.717, 1.165) is 0 Å². The second kappa shape index (κ2) is 5.72. The number of hydrogen-bond acceptors (Lipinski definition) is 2. The Labute approximate surface area is 141 Å². The fraction of sp³-hybridized carbons (Fsp3) is 0.0588. The van der Waals surface area contributed by atoms with Crippen LogP contribution in [0.4, 0.5) is 0 Å². The number of carboxylic acid groups (broad SMARTS) is 1. The molecule has 0 aliphatic rings. The minimum absolute atomic E-state index is 0.0891. The average molecular weight is 348 g/mol. The minimum atomic E-state index is -1.09. The van der Waals surface area contributed by atoms with Crippen molar-refractivity contribution in [3.05, 3.63) is 74.1 Å². The van der Waals surface area contributed by atoms with Crippen molar-refractivity contribution < 1.29 is 9.90 Å². The molecular weight excluding hydrogens is 337 g/mol. The van der Waals surface area contributed by atoms with Crippen LogP contribution in [-0.4, -0.2) is 15.6 Å². The molecule has 1 N–H and O–H groups in total. The van der Waals surface area contributed by atoms with Crippen molar-refractivity contribution in [2.45, 2.75) is 6.92 Å². The van der Waals surface area contributed by atoms with Crippen LogP contribution in [0.1, 0.15) is 16.1 Å². The van der Waals surface area contributed by atoms with Gasteiger partial charge in [-0.1, -0.05) is 41.4 Å². The van der Waals surface area contributed by atoms with E-state index in [0.29, 0.717) is 32.2 Å². The Morgan fingerprint density at radius 1 is 1.04 bits per heavy atom. The number of rotatable bonds is 2. The van der Waals surface area contributed by atoms with Gasteiger partial charge in [0.05, 0.1) is 21.3 Å². The topological polar surface area (TPSA) is 59.3 Å². The SMILES string of the molecule is Cc1c(C(=O)O)c2ccccc2c(=O)n1-c1ccc(Cl)c(Cl)c1. The van der Waals surface area contributed by atoms with Gasteiger partial charge in [-0.05, 0) is 31.2 Å². The molecule has 1 aromatic heterocycles. The molecule has 3 aromatic rings. The molecule has 0 aliphatic carbocycles. The fourth-order valence-electron chi connectivity index (χ4n) is 2.67. The molecule has 23 heavy (non-hydrogen) atoms. The van der Waals surface area contributed by atoms with Crippen molar-refractivity contribution in [1.29, 1.82) is 0 Å². The van der Waals surface area contributed by atoms with Crippen LogP contribution in [0, 0.1) is 6.92 Å². The Bertz CT molecular complexity index is 1010. The van der Waals surface area contributed by atoms with Crippen LogP contribution < -0.4 is 5.56 Å². The quantitative estimate of drug-likeness (QED) is 0.751. The summed E-state index contributed by atoms with van der Waals surface area (Å²) in [6.45, 7) is 1.60. The summed E-state index contributed by atoms with van der Waals surface area (Å²) in [6, 6.07) is 11.4. The Morgan fingerprint density at radius 3 is 2.30 bits per heavy atom. The number of nitrogens with zero attached hydrogens (tertiary/aromatic N) is 1. The molecule has 0 saturated heterocycles. The largest absolute Gasteiger partial charge is 0.478 e. The highest BCUT2D eigenvalue weighted by atomic mass is 35.5. The third-order valence-corrected chi connectivity index (χ3v) is 4.44. The molecule has 0 unspecified atom stereocenters. The first-order valence-electron chi connectivity index (χ1n) is 6.75. The predicted molar refractivity (Wildman–Crippen MR) is 91.3 cm³/mol. The summed E-state index contributed by atoms with van der Waals surface area (Å²) < 4.78 is 1.34. The van der Waals surface area contributed by atoms with E-state index in [-0.39, 0.29) is 11.1 Å². The van der Waals surface area contributed by atoms with Crippen LogP contribution in [0.3, 0.4) is 0 Å². The van der Waals surface area contributed by atoms with Crippen molar-refractivity contribution in [3.63, 3.8) is 0 Å². The first-order valence-corrected chi connectivity index (χ1v) is 7.50. The van der Waals surface area contributed by atoms with Gasteiger partial charge in [-0.2, -0.15) is 0 Å². The van der Waals surface area contributed by atoms with Gasteiger partial charge in [-0.15, -0.1) is 0 Å². The van der Waals surface area contributed by atoms with Crippen molar-refractivity contribution >= 4 is 39.9 Å². The predicted octanol–water partition coefficient (Wildman–Crippen LogP) is 4.30. The number of benzene rings is 2. The Hall–Kier alpha value is -2.30. The summed E-state index contributed by atoms with van der Waals surface area (Å²) in [5.41, 5.74) is 0.586. The van der Waals surface area contributed by atoms with E-state index in [1.807, 2.05) is 0 Å². The molecule has 0 fully saturated rings. The summed E-state index contributed by atoms with van der Waals surface area (Å²) in [5, 5.41) is 11.0. The van der Waals surface area contributed by atoms with Crippen molar-refractivity contribution in [3.8, 4) is 5.69 Å². The zero-order valence-corrected chi connectivity index (χ0v) is 13.5. The Kier molecular flexibility index (Phi) is 3.88. The number of halogens is 2. The standard InChI is InChI=1S/C17H11Cl2NO3/c1-9-15(17(22)23)11-4-2-3-5-12(11)16(21)20(9)10-6-7-13(18)14(19)8-10/h2-8H,1H3,(H,22,23). The highest BCUT2D eigenvalue weighted by molar-refractivity contribution is 6.42. The summed E-state index contributed by atoms with van der Waals surface area (Å²) in [4.78, 5) is 24.5. The summed E-state index contributed by atoms with van der Waals surface area (Å²) >= 11 is 11.9. The van der Waals surface area contributed by atoms with Gasteiger partial charge in [0.1, 0.15) is 0 Å². The van der Waals surface area contributed by atoms with E-state index in [4.69, 9.17) is 23.2 Å². The van der Waals surface area contributed by atoms with Gasteiger partial charge >= 0.3 is 5.97 Å². The van der Waals surface area contributed by atoms with Crippen LogP contribution in [0.15, 0.2) is 47.3 Å². The molecule has 4 nitrogen and oxygen atoms in total. The third kappa shape index (κ3) is 2.50. The lowest BCUT2D eigenvalue weighted by Gasteiger charge is -2.15. The van der Waals surface area contributed by atoms with Crippen LogP contribution in [-0.2, 0) is 0 Å². The first kappa shape index (κ1) is 15.6. The van der Waals surface area contributed by atoms with E-state index >= 15 is 0 Å². The number of aromatic carboxylic acids is 1. The van der Waals surface area contributed by atoms with Gasteiger partial charge in [0.15, 0.2) is 0 Å². The number of carboxylic acids is 1. The van der Waals surface area contributed by atoms with Crippen LogP contribution in [0.25, 0.3) is 16.5 Å². The first-order chi connectivity index (χ1) is 10.9. The van der Waals surface area contributed by atoms with Crippen molar-refractivity contribution in [2.75, 3.05) is 0 Å². The number of hydrogen-bond donors (Lipinski definition) is 1. The van der Waals surface area contributed by atoms with E-state index in [1.165, 1.54) is 4.57 Å². The Balaban J connectivity index is 2.48. The van der Waals surface area contributed by atoms with E-state index in [2.05, 4.69) is 0 Å². The maximum Gasteiger partial charge on any atom is 0.338 e. The summed E-state index contributed by atoms with van der Waals surface area (Å²) in [7, 11) is 0. The number of aromatic nitrogens is 1. The maximum absolute atomic E-state index is 12.8. The molecule has 0 aliphatic heterocycles. The van der Waals surface area contributed by atoms with Gasteiger partial charge in [-0.3, -0.25) is 9.36 Å². The van der Waals surface area contributed by atoms with Gasteiger partial charge in [-0.25, -0.2) is 4.79 Å². The van der Waals surface area contributed by atoms with Gasteiger partial charge < -0.3 is 5.11 Å². The minimum Gasteiger partial charge on any atom is -0.478 e. The van der Waals surface area contributed by atoms with E-state index in [9.17, 15) is 14.7 Å². The van der Waals surface area contributed by atoms with Crippen molar-refractivity contribution in [2.24, 2.45) is 0 Å². The lowest BCUT2D eigenvalue weighted by atomic mass is 10.0. The smallest absolute Gasteiger partial charge is 0.338 e. The van der Waals surface area contributed by atoms with E-state index < -0.39 is 5.97 Å². The average Bonchev–Trinajstić information content (AvgIpc) is 2.50. The molecule has 0 spiro atoms. The lowest BCUT2D eigenvalue weighted by molar-refractivity contribution is 0.0697. The molecule has 0 bridgehead atoms. The van der Waals surface area contributed by atoms with Crippen LogP contribution >= 0.6 is 23.2 Å². The number of pyridine rings is 1. The zero-order chi connectivity index (χ0) is 16.7. The second-order valence-electron chi connectivity index (χ2n) is 5.05. The maximum atomic E-state index is 12.8. The normalized spacial score (nSPS) is 10.9. The lowest BCUT2D eigenvalue weighted by Crippen LogP contribution is -2.24. The molecule has 0 amide bonds. The molecule has 1 heterocycles. The number of fused-ring (bicyclic) bond motifs is 1. The number of carbonyl (C=O) groups is 1. The molecule has 116 valence electrons. The fourth-order valence-corrected chi connectivity index (χ4v) is 2.96. The Morgan fingerprint density at radius 2 is 1.70 bits per heavy atom. The summed E-state index contributed by atoms with van der Waals surface area (Å²) in [5.74, 6) is -1.09. The second-order valence-corrected chi connectivity index (χ2v) is 5.86. The highest BCUT2D eigenvalue weighted by Gasteiger charge is 2.19. The molecule has 0 radical (unpaired) electrons. The molecule has 2 aromatic carbocycles. The van der Waals surface area contributed by atoms with E-state index in [1.54, 1.807) is 49.4 Å². The van der Waals surface area contributed by atoms with Gasteiger partial charge in [0.2, 0.25) is 0 Å². The van der Waals surface area contributed by atoms with Crippen LogP contribution in [0.5, 0.6) is 0 Å². The van der Waals surface area contributed by atoms with Gasteiger partial charge in [0.25, 0.3) is 5.56 Å². The molecule has 0 atom stereocenters. The van der Waals surface area contributed by atoms with Crippen LogP contribution in [0.2, 0.25) is 10.0 Å². The monoisotopic (exact) mass is 347 g/mol.